The highest BCUT2D eigenvalue weighted by molar-refractivity contribution is 14.1. The zero-order valence-corrected chi connectivity index (χ0v) is 18.0. The molecule has 3 nitrogen and oxygen atoms in total. The molecule has 0 atom stereocenters. The maximum absolute atomic E-state index is 5.40. The van der Waals surface area contributed by atoms with Crippen molar-refractivity contribution in [2.24, 2.45) is 0 Å². The number of aromatic nitrogens is 1. The molecular formula is C21H23INO2S+. The molecule has 26 heavy (non-hydrogen) atoms. The number of aryl methyl sites for hydroxylation is 1. The van der Waals surface area contributed by atoms with E-state index in [2.05, 4.69) is 63.6 Å². The van der Waals surface area contributed by atoms with Crippen molar-refractivity contribution >= 4 is 56.3 Å². The predicted octanol–water partition coefficient (Wildman–Crippen LogP) is 5.59. The van der Waals surface area contributed by atoms with Gasteiger partial charge in [-0.15, -0.1) is 0 Å². The first kappa shape index (κ1) is 19.2. The van der Waals surface area contributed by atoms with Gasteiger partial charge in [0.25, 0.3) is 5.01 Å². The fourth-order valence-electron chi connectivity index (χ4n) is 2.90. The van der Waals surface area contributed by atoms with Crippen LogP contribution in [0, 0.1) is 0 Å². The average molecular weight is 480 g/mol. The van der Waals surface area contributed by atoms with Gasteiger partial charge < -0.3 is 9.47 Å². The molecule has 0 aliphatic heterocycles. The van der Waals surface area contributed by atoms with E-state index in [1.54, 1.807) is 14.2 Å². The minimum atomic E-state index is 0.750. The minimum absolute atomic E-state index is 0.750. The van der Waals surface area contributed by atoms with E-state index in [-0.39, 0.29) is 0 Å². The van der Waals surface area contributed by atoms with Crippen LogP contribution in [0.3, 0.4) is 0 Å². The summed E-state index contributed by atoms with van der Waals surface area (Å²) in [5.41, 5.74) is 2.41. The third-order valence-corrected chi connectivity index (χ3v) is 6.12. The van der Waals surface area contributed by atoms with Gasteiger partial charge in [-0.25, -0.2) is 0 Å². The Morgan fingerprint density at radius 3 is 2.58 bits per heavy atom. The Balaban J connectivity index is 1.92. The van der Waals surface area contributed by atoms with E-state index in [9.17, 15) is 0 Å². The van der Waals surface area contributed by atoms with Gasteiger partial charge in [-0.3, -0.25) is 0 Å². The van der Waals surface area contributed by atoms with Crippen molar-refractivity contribution in [3.05, 3.63) is 53.0 Å². The fourth-order valence-corrected chi connectivity index (χ4v) is 4.53. The Morgan fingerprint density at radius 1 is 1.00 bits per heavy atom. The van der Waals surface area contributed by atoms with Crippen LogP contribution < -0.4 is 14.0 Å². The highest BCUT2D eigenvalue weighted by Gasteiger charge is 2.17. The number of thiazole rings is 1. The van der Waals surface area contributed by atoms with Crippen molar-refractivity contribution in [3.8, 4) is 11.5 Å². The van der Waals surface area contributed by atoms with Gasteiger partial charge in [0.1, 0.15) is 4.70 Å². The topological polar surface area (TPSA) is 22.3 Å². The normalized spacial score (nSPS) is 11.3. The van der Waals surface area contributed by atoms with Crippen molar-refractivity contribution in [1.82, 2.24) is 0 Å². The van der Waals surface area contributed by atoms with E-state index in [0.29, 0.717) is 0 Å². The monoisotopic (exact) mass is 480 g/mol. The molecule has 136 valence electrons. The third-order valence-electron chi connectivity index (χ3n) is 4.23. The van der Waals surface area contributed by atoms with E-state index < -0.39 is 0 Å². The Labute approximate surface area is 172 Å². The van der Waals surface area contributed by atoms with Crippen LogP contribution in [0.25, 0.3) is 22.4 Å². The summed E-state index contributed by atoms with van der Waals surface area (Å²) in [4.78, 5) is 0. The Hall–Kier alpha value is -1.60. The van der Waals surface area contributed by atoms with Gasteiger partial charge in [0, 0.05) is 18.6 Å². The van der Waals surface area contributed by atoms with E-state index >= 15 is 0 Å². The smallest absolute Gasteiger partial charge is 0.262 e. The molecule has 5 heteroatoms. The molecule has 3 rings (SSSR count). The van der Waals surface area contributed by atoms with Gasteiger partial charge in [0.05, 0.1) is 14.2 Å². The van der Waals surface area contributed by atoms with E-state index in [1.807, 2.05) is 29.5 Å². The summed E-state index contributed by atoms with van der Waals surface area (Å²) < 4.78 is 15.7. The summed E-state index contributed by atoms with van der Waals surface area (Å²) >= 11 is 4.29. The van der Waals surface area contributed by atoms with Crippen LogP contribution in [0.4, 0.5) is 0 Å². The first-order valence-electron chi connectivity index (χ1n) is 8.64. The number of benzene rings is 2. The number of fused-ring (bicyclic) bond motifs is 1. The standard InChI is InChI=1S/C21H23INO2S/c1-24-18-11-9-16(15-19(18)25-2)10-12-21-23(14-6-5-13-22)17-7-3-4-8-20(17)26-21/h3-4,7-12,15H,5-6,13-14H2,1-2H3/q+1/b12-10-. The number of unbranched alkanes of at least 4 members (excludes halogenated alkanes) is 1. The number of rotatable bonds is 8. The molecule has 0 N–H and O–H groups in total. The van der Waals surface area contributed by atoms with Crippen molar-refractivity contribution in [3.63, 3.8) is 0 Å². The first-order chi connectivity index (χ1) is 12.8. The lowest BCUT2D eigenvalue weighted by atomic mass is 10.2. The van der Waals surface area contributed by atoms with E-state index in [4.69, 9.17) is 9.47 Å². The van der Waals surface area contributed by atoms with Crippen LogP contribution in [0.2, 0.25) is 0 Å². The van der Waals surface area contributed by atoms with Gasteiger partial charge in [-0.1, -0.05) is 52.1 Å². The van der Waals surface area contributed by atoms with Crippen LogP contribution >= 0.6 is 33.9 Å². The number of methoxy groups -OCH3 is 2. The molecule has 2 aromatic carbocycles. The third kappa shape index (κ3) is 4.38. The zero-order valence-electron chi connectivity index (χ0n) is 15.1. The molecule has 0 spiro atoms. The summed E-state index contributed by atoms with van der Waals surface area (Å²) in [6.07, 6.45) is 6.79. The van der Waals surface area contributed by atoms with Crippen LogP contribution in [-0.4, -0.2) is 18.6 Å². The molecule has 1 heterocycles. The molecule has 0 fully saturated rings. The molecule has 3 aromatic rings. The lowest BCUT2D eigenvalue weighted by molar-refractivity contribution is -0.669. The lowest BCUT2D eigenvalue weighted by Gasteiger charge is -2.07. The fraction of sp³-hybridized carbons (Fsp3) is 0.286. The number of hydrogen-bond acceptors (Lipinski definition) is 3. The van der Waals surface area contributed by atoms with Gasteiger partial charge in [0.15, 0.2) is 18.0 Å². The molecular weight excluding hydrogens is 457 g/mol. The molecule has 0 unspecified atom stereocenters. The second-order valence-corrected chi connectivity index (χ2v) is 8.04. The maximum Gasteiger partial charge on any atom is 0.262 e. The number of alkyl halides is 1. The molecule has 0 saturated carbocycles. The van der Waals surface area contributed by atoms with E-state index in [0.717, 1.165) is 23.6 Å². The highest BCUT2D eigenvalue weighted by Crippen LogP contribution is 2.29. The number of ether oxygens (including phenoxy) is 2. The summed E-state index contributed by atoms with van der Waals surface area (Å²) in [5.74, 6) is 1.50. The van der Waals surface area contributed by atoms with E-state index in [1.165, 1.54) is 32.5 Å². The highest BCUT2D eigenvalue weighted by atomic mass is 127. The van der Waals surface area contributed by atoms with Gasteiger partial charge >= 0.3 is 0 Å². The van der Waals surface area contributed by atoms with Crippen molar-refractivity contribution in [2.75, 3.05) is 18.6 Å². The van der Waals surface area contributed by atoms with Crippen LogP contribution in [-0.2, 0) is 6.54 Å². The predicted molar refractivity (Wildman–Crippen MR) is 119 cm³/mol. The minimum Gasteiger partial charge on any atom is -0.493 e. The number of hydrogen-bond donors (Lipinski definition) is 0. The first-order valence-corrected chi connectivity index (χ1v) is 11.0. The van der Waals surface area contributed by atoms with Crippen molar-refractivity contribution < 1.29 is 14.0 Å². The van der Waals surface area contributed by atoms with Crippen LogP contribution in [0.15, 0.2) is 42.5 Å². The van der Waals surface area contributed by atoms with Gasteiger partial charge in [0.2, 0.25) is 5.52 Å². The summed E-state index contributed by atoms with van der Waals surface area (Å²) in [6.45, 7) is 1.05. The van der Waals surface area contributed by atoms with Crippen LogP contribution in [0.1, 0.15) is 23.4 Å². The second-order valence-electron chi connectivity index (χ2n) is 5.90. The molecule has 0 saturated heterocycles. The molecule has 0 bridgehead atoms. The van der Waals surface area contributed by atoms with Crippen molar-refractivity contribution in [1.29, 1.82) is 0 Å². The summed E-state index contributed by atoms with van der Waals surface area (Å²) in [6, 6.07) is 14.6. The maximum atomic E-state index is 5.40. The number of halogens is 1. The molecule has 0 amide bonds. The Bertz CT molecular complexity index is 904. The molecule has 0 radical (unpaired) electrons. The average Bonchev–Trinajstić information content (AvgIpc) is 3.04. The lowest BCUT2D eigenvalue weighted by Crippen LogP contribution is -2.35. The largest absolute Gasteiger partial charge is 0.493 e. The summed E-state index contributed by atoms with van der Waals surface area (Å²) in [5, 5.41) is 1.27. The van der Waals surface area contributed by atoms with Crippen LogP contribution in [0.5, 0.6) is 11.5 Å². The zero-order chi connectivity index (χ0) is 18.4. The summed E-state index contributed by atoms with van der Waals surface area (Å²) in [7, 11) is 3.32. The quantitative estimate of drug-likeness (QED) is 0.182. The molecule has 1 aromatic heterocycles. The molecule has 0 aliphatic rings. The van der Waals surface area contributed by atoms with Crippen molar-refractivity contribution in [2.45, 2.75) is 19.4 Å². The number of para-hydroxylation sites is 1. The Kier molecular flexibility index (Phi) is 6.91. The molecule has 0 aliphatic carbocycles. The van der Waals surface area contributed by atoms with Gasteiger partial charge in [-0.2, -0.15) is 4.57 Å². The second kappa shape index (κ2) is 9.37. The SMILES string of the molecule is COc1ccc(/C=C\c2sc3ccccc3[n+]2CCCCI)cc1OC. The number of nitrogens with zero attached hydrogens (tertiary/aromatic N) is 1. The Morgan fingerprint density at radius 2 is 1.81 bits per heavy atom. The van der Waals surface area contributed by atoms with Gasteiger partial charge in [-0.05, 0) is 40.7 Å².